The quantitative estimate of drug-likeness (QED) is 0.749. The summed E-state index contributed by atoms with van der Waals surface area (Å²) < 4.78 is 16.9. The number of carbonyl (C=O) groups is 2. The number of hydrogen-bond acceptors (Lipinski definition) is 5. The molecule has 2 aliphatic rings. The lowest BCUT2D eigenvalue weighted by molar-refractivity contribution is -0.140. The Labute approximate surface area is 160 Å². The number of allylic oxidation sites excluding steroid dienone is 1. The van der Waals surface area contributed by atoms with Gasteiger partial charge in [0.25, 0.3) is 0 Å². The molecule has 1 N–H and O–H groups in total. The number of esters is 1. The molecule has 0 saturated carbocycles. The molecule has 2 aliphatic heterocycles. The van der Waals surface area contributed by atoms with E-state index in [0.29, 0.717) is 39.4 Å². The van der Waals surface area contributed by atoms with Crippen molar-refractivity contribution in [2.75, 3.05) is 20.4 Å². The second-order valence-corrected chi connectivity index (χ2v) is 7.51. The Morgan fingerprint density at radius 1 is 1.38 bits per heavy atom. The maximum Gasteiger partial charge on any atom is 0.338 e. The molecule has 2 heterocycles. The van der Waals surface area contributed by atoms with Crippen molar-refractivity contribution in [1.82, 2.24) is 10.2 Å². The molecular formula is C18H21BrN2O5. The standard InChI is InChI=1S/C18H21BrN2O5/c1-9(2)7-24-17(22)15-10(3)21(4)18(23)20-16(15)11-5-13-14(6-12(11)19)26-8-25-13/h5-6,9,16H,7-8H2,1-4H3,(H,20,23)/t16-/m1/s1. The SMILES string of the molecule is CC1=C(C(=O)OCC(C)C)[C@@H](c2cc3c(cc2Br)OCO3)NC(=O)N1C. The number of carbonyl (C=O) groups excluding carboxylic acids is 2. The smallest absolute Gasteiger partial charge is 0.338 e. The van der Waals surface area contributed by atoms with Crippen molar-refractivity contribution >= 4 is 27.9 Å². The van der Waals surface area contributed by atoms with Gasteiger partial charge in [0.1, 0.15) is 0 Å². The first-order chi connectivity index (χ1) is 12.3. The zero-order valence-corrected chi connectivity index (χ0v) is 16.7. The Morgan fingerprint density at radius 3 is 2.69 bits per heavy atom. The van der Waals surface area contributed by atoms with Crippen molar-refractivity contribution < 1.29 is 23.8 Å². The minimum atomic E-state index is -0.651. The molecule has 8 heteroatoms. The lowest BCUT2D eigenvalue weighted by Gasteiger charge is -2.33. The molecule has 2 amide bonds. The molecule has 0 aromatic heterocycles. The summed E-state index contributed by atoms with van der Waals surface area (Å²) in [5.41, 5.74) is 1.65. The van der Waals surface area contributed by atoms with Crippen LogP contribution in [0.5, 0.6) is 11.5 Å². The third kappa shape index (κ3) is 3.38. The monoisotopic (exact) mass is 424 g/mol. The summed E-state index contributed by atoms with van der Waals surface area (Å²) in [5.74, 6) is 0.956. The van der Waals surface area contributed by atoms with E-state index in [1.807, 2.05) is 13.8 Å². The van der Waals surface area contributed by atoms with Crippen LogP contribution in [0.3, 0.4) is 0 Å². The Hall–Kier alpha value is -2.22. The fourth-order valence-corrected chi connectivity index (χ4v) is 3.36. The highest BCUT2D eigenvalue weighted by molar-refractivity contribution is 9.10. The largest absolute Gasteiger partial charge is 0.462 e. The van der Waals surface area contributed by atoms with Gasteiger partial charge in [-0.05, 0) is 30.5 Å². The van der Waals surface area contributed by atoms with Crippen molar-refractivity contribution in [3.63, 3.8) is 0 Å². The molecule has 0 unspecified atom stereocenters. The van der Waals surface area contributed by atoms with Gasteiger partial charge in [-0.2, -0.15) is 0 Å². The van der Waals surface area contributed by atoms with Crippen LogP contribution in [0.25, 0.3) is 0 Å². The van der Waals surface area contributed by atoms with E-state index in [2.05, 4.69) is 21.2 Å². The number of hydrogen-bond donors (Lipinski definition) is 1. The highest BCUT2D eigenvalue weighted by Crippen LogP contribution is 2.42. The molecule has 0 spiro atoms. The second-order valence-electron chi connectivity index (χ2n) is 6.66. The van der Waals surface area contributed by atoms with Crippen LogP contribution < -0.4 is 14.8 Å². The number of rotatable bonds is 4. The van der Waals surface area contributed by atoms with Gasteiger partial charge >= 0.3 is 12.0 Å². The van der Waals surface area contributed by atoms with Gasteiger partial charge in [-0.25, -0.2) is 9.59 Å². The number of benzene rings is 1. The van der Waals surface area contributed by atoms with Crippen molar-refractivity contribution in [3.8, 4) is 11.5 Å². The second kappa shape index (κ2) is 7.19. The Balaban J connectivity index is 2.03. The summed E-state index contributed by atoms with van der Waals surface area (Å²) in [6.07, 6.45) is 0. The molecule has 0 fully saturated rings. The number of urea groups is 1. The average Bonchev–Trinajstić information content (AvgIpc) is 3.03. The zero-order chi connectivity index (χ0) is 19.0. The Kier molecular flexibility index (Phi) is 5.13. The van der Waals surface area contributed by atoms with Gasteiger partial charge in [0.15, 0.2) is 11.5 Å². The number of nitrogens with one attached hydrogen (secondary N) is 1. The lowest BCUT2D eigenvalue weighted by atomic mass is 9.94. The van der Waals surface area contributed by atoms with Gasteiger partial charge in [0, 0.05) is 17.2 Å². The first-order valence-electron chi connectivity index (χ1n) is 8.30. The van der Waals surface area contributed by atoms with E-state index in [0.717, 1.165) is 0 Å². The van der Waals surface area contributed by atoms with Crippen LogP contribution in [-0.2, 0) is 9.53 Å². The van der Waals surface area contributed by atoms with Crippen LogP contribution in [0.4, 0.5) is 4.79 Å². The van der Waals surface area contributed by atoms with E-state index in [9.17, 15) is 9.59 Å². The maximum atomic E-state index is 12.8. The minimum Gasteiger partial charge on any atom is -0.462 e. The number of nitrogens with zero attached hydrogens (tertiary/aromatic N) is 1. The molecule has 0 radical (unpaired) electrons. The first-order valence-corrected chi connectivity index (χ1v) is 9.10. The zero-order valence-electron chi connectivity index (χ0n) is 15.1. The Morgan fingerprint density at radius 2 is 2.04 bits per heavy atom. The highest BCUT2D eigenvalue weighted by Gasteiger charge is 2.37. The number of amides is 2. The molecule has 3 rings (SSSR count). The van der Waals surface area contributed by atoms with E-state index in [4.69, 9.17) is 14.2 Å². The van der Waals surface area contributed by atoms with Crippen molar-refractivity contribution in [3.05, 3.63) is 33.4 Å². The van der Waals surface area contributed by atoms with Crippen molar-refractivity contribution in [2.24, 2.45) is 5.92 Å². The number of halogens is 1. The molecule has 0 bridgehead atoms. The van der Waals surface area contributed by atoms with Gasteiger partial charge < -0.3 is 24.4 Å². The third-order valence-corrected chi connectivity index (χ3v) is 5.01. The van der Waals surface area contributed by atoms with Crippen LogP contribution in [0.2, 0.25) is 0 Å². The Bertz CT molecular complexity index is 790. The van der Waals surface area contributed by atoms with Crippen LogP contribution in [0.1, 0.15) is 32.4 Å². The van der Waals surface area contributed by atoms with Gasteiger partial charge in [-0.3, -0.25) is 0 Å². The van der Waals surface area contributed by atoms with E-state index in [1.54, 1.807) is 26.1 Å². The van der Waals surface area contributed by atoms with Gasteiger partial charge in [0.2, 0.25) is 6.79 Å². The summed E-state index contributed by atoms with van der Waals surface area (Å²) in [6, 6.07) is 2.60. The van der Waals surface area contributed by atoms with Gasteiger partial charge in [0.05, 0.1) is 18.2 Å². The summed E-state index contributed by atoms with van der Waals surface area (Å²) in [5, 5.41) is 2.87. The van der Waals surface area contributed by atoms with E-state index >= 15 is 0 Å². The average molecular weight is 425 g/mol. The summed E-state index contributed by atoms with van der Waals surface area (Å²) in [7, 11) is 1.62. The predicted molar refractivity (Wildman–Crippen MR) is 97.8 cm³/mol. The van der Waals surface area contributed by atoms with E-state index < -0.39 is 12.0 Å². The lowest BCUT2D eigenvalue weighted by Crippen LogP contribution is -2.46. The molecule has 1 atom stereocenters. The highest BCUT2D eigenvalue weighted by atomic mass is 79.9. The van der Waals surface area contributed by atoms with Crippen LogP contribution >= 0.6 is 15.9 Å². The van der Waals surface area contributed by atoms with Crippen LogP contribution in [0, 0.1) is 5.92 Å². The molecule has 0 saturated heterocycles. The van der Waals surface area contributed by atoms with Gasteiger partial charge in [-0.15, -0.1) is 0 Å². The molecule has 0 aliphatic carbocycles. The van der Waals surface area contributed by atoms with Gasteiger partial charge in [-0.1, -0.05) is 29.8 Å². The summed E-state index contributed by atoms with van der Waals surface area (Å²) in [4.78, 5) is 26.5. The summed E-state index contributed by atoms with van der Waals surface area (Å²) >= 11 is 3.50. The number of ether oxygens (including phenoxy) is 3. The molecule has 1 aromatic carbocycles. The molecule has 140 valence electrons. The molecule has 26 heavy (non-hydrogen) atoms. The van der Waals surface area contributed by atoms with E-state index in [-0.39, 0.29) is 18.7 Å². The topological polar surface area (TPSA) is 77.1 Å². The summed E-state index contributed by atoms with van der Waals surface area (Å²) in [6.45, 7) is 6.12. The van der Waals surface area contributed by atoms with Crippen LogP contribution in [0.15, 0.2) is 27.9 Å². The molecule has 7 nitrogen and oxygen atoms in total. The maximum absolute atomic E-state index is 12.8. The third-order valence-electron chi connectivity index (χ3n) is 4.32. The number of fused-ring (bicyclic) bond motifs is 1. The fraction of sp³-hybridized carbons (Fsp3) is 0.444. The fourth-order valence-electron chi connectivity index (χ4n) is 2.81. The molecule has 1 aromatic rings. The van der Waals surface area contributed by atoms with Crippen molar-refractivity contribution in [1.29, 1.82) is 0 Å². The normalized spacial score (nSPS) is 19.1. The first kappa shape index (κ1) is 18.6. The van der Waals surface area contributed by atoms with E-state index in [1.165, 1.54) is 4.90 Å². The molecular weight excluding hydrogens is 404 g/mol. The van der Waals surface area contributed by atoms with Crippen LogP contribution in [-0.4, -0.2) is 37.3 Å². The predicted octanol–water partition coefficient (Wildman–Crippen LogP) is 3.35. The van der Waals surface area contributed by atoms with Crippen molar-refractivity contribution in [2.45, 2.75) is 26.8 Å². The minimum absolute atomic E-state index is 0.142.